The highest BCUT2D eigenvalue weighted by Gasteiger charge is 2.35. The van der Waals surface area contributed by atoms with E-state index in [1.807, 2.05) is 37.4 Å². The van der Waals surface area contributed by atoms with Crippen molar-refractivity contribution in [2.45, 2.75) is 12.8 Å². The Morgan fingerprint density at radius 1 is 1.36 bits per heavy atom. The Balaban J connectivity index is 2.03. The molecule has 3 aromatic rings. The maximum absolute atomic E-state index is 9.55. The van der Waals surface area contributed by atoms with Gasteiger partial charge in [0.25, 0.3) is 0 Å². The van der Waals surface area contributed by atoms with Crippen molar-refractivity contribution in [1.82, 2.24) is 15.2 Å². The highest BCUT2D eigenvalue weighted by atomic mass is 16.5. The molecule has 4 N–H and O–H groups in total. The summed E-state index contributed by atoms with van der Waals surface area (Å²) in [6.45, 7) is 1.91. The van der Waals surface area contributed by atoms with Crippen molar-refractivity contribution in [1.29, 1.82) is 5.26 Å². The molecule has 6 nitrogen and oxygen atoms in total. The first-order valence-corrected chi connectivity index (χ1v) is 6.89. The van der Waals surface area contributed by atoms with Gasteiger partial charge in [-0.25, -0.2) is 0 Å². The maximum Gasteiger partial charge on any atom is 0.244 e. The third-order valence-electron chi connectivity index (χ3n) is 4.06. The lowest BCUT2D eigenvalue weighted by Crippen LogP contribution is -2.20. The van der Waals surface area contributed by atoms with Crippen molar-refractivity contribution >= 4 is 10.9 Å². The second-order valence-corrected chi connectivity index (χ2v) is 5.28. The summed E-state index contributed by atoms with van der Waals surface area (Å²) in [7, 11) is 0. The molecule has 1 aromatic carbocycles. The van der Waals surface area contributed by atoms with Gasteiger partial charge in [0.05, 0.1) is 5.92 Å². The highest BCUT2D eigenvalue weighted by molar-refractivity contribution is 5.85. The Morgan fingerprint density at radius 3 is 3.00 bits per heavy atom. The first kappa shape index (κ1) is 12.5. The fourth-order valence-electron chi connectivity index (χ4n) is 3.04. The number of nitrogens with one attached hydrogen (secondary N) is 2. The predicted octanol–water partition coefficient (Wildman–Crippen LogP) is 2.42. The van der Waals surface area contributed by atoms with Crippen LogP contribution in [0, 0.1) is 18.3 Å². The molecule has 108 valence electrons. The molecule has 6 heteroatoms. The van der Waals surface area contributed by atoms with Gasteiger partial charge in [-0.3, -0.25) is 5.10 Å². The van der Waals surface area contributed by atoms with Crippen LogP contribution in [0.15, 0.2) is 41.9 Å². The fourth-order valence-corrected chi connectivity index (χ4v) is 3.04. The first-order chi connectivity index (χ1) is 10.7. The van der Waals surface area contributed by atoms with E-state index in [-0.39, 0.29) is 11.8 Å². The largest absolute Gasteiger partial charge is 0.420 e. The number of hydrogen-bond donors (Lipinski definition) is 3. The molecule has 0 spiro atoms. The third kappa shape index (κ3) is 1.56. The van der Waals surface area contributed by atoms with E-state index in [0.717, 1.165) is 27.7 Å². The Labute approximate surface area is 126 Å². The zero-order chi connectivity index (χ0) is 15.3. The number of H-pyrrole nitrogens is 2. The molecule has 22 heavy (non-hydrogen) atoms. The number of hydrogen-bond acceptors (Lipinski definition) is 4. The van der Waals surface area contributed by atoms with Crippen molar-refractivity contribution in [3.8, 4) is 11.9 Å². The molecule has 0 fully saturated rings. The molecule has 0 amide bonds. The Kier molecular flexibility index (Phi) is 2.51. The minimum absolute atomic E-state index is 0.108. The smallest absolute Gasteiger partial charge is 0.244 e. The normalized spacial score (nSPS) is 17.2. The zero-order valence-electron chi connectivity index (χ0n) is 11.8. The van der Waals surface area contributed by atoms with Crippen LogP contribution >= 0.6 is 0 Å². The number of benzene rings is 1. The van der Waals surface area contributed by atoms with Gasteiger partial charge >= 0.3 is 0 Å². The summed E-state index contributed by atoms with van der Waals surface area (Å²) in [4.78, 5) is 3.24. The van der Waals surface area contributed by atoms with Gasteiger partial charge in [-0.05, 0) is 18.6 Å². The number of nitrogens with zero attached hydrogens (tertiary/aromatic N) is 2. The van der Waals surface area contributed by atoms with Crippen LogP contribution in [0.4, 0.5) is 0 Å². The Hall–Kier alpha value is -3.20. The molecule has 1 aliphatic heterocycles. The van der Waals surface area contributed by atoms with Crippen LogP contribution in [-0.4, -0.2) is 15.2 Å². The van der Waals surface area contributed by atoms with Gasteiger partial charge < -0.3 is 15.5 Å². The van der Waals surface area contributed by atoms with Gasteiger partial charge in [0.2, 0.25) is 11.8 Å². The summed E-state index contributed by atoms with van der Waals surface area (Å²) in [5, 5.41) is 17.6. The average molecular weight is 291 g/mol. The van der Waals surface area contributed by atoms with Gasteiger partial charge in [-0.1, -0.05) is 18.2 Å². The van der Waals surface area contributed by atoms with Crippen molar-refractivity contribution in [2.24, 2.45) is 5.73 Å². The highest BCUT2D eigenvalue weighted by Crippen LogP contribution is 2.44. The number of para-hydroxylation sites is 1. The van der Waals surface area contributed by atoms with E-state index in [1.165, 1.54) is 0 Å². The maximum atomic E-state index is 9.55. The van der Waals surface area contributed by atoms with Crippen LogP contribution in [0.1, 0.15) is 22.7 Å². The van der Waals surface area contributed by atoms with E-state index in [0.29, 0.717) is 11.5 Å². The fraction of sp³-hybridized carbons (Fsp3) is 0.125. The van der Waals surface area contributed by atoms with Crippen LogP contribution in [-0.2, 0) is 0 Å². The topological polar surface area (TPSA) is 104 Å². The molecule has 1 aliphatic rings. The van der Waals surface area contributed by atoms with Crippen LogP contribution in [0.5, 0.6) is 5.88 Å². The van der Waals surface area contributed by atoms with Gasteiger partial charge in [0.15, 0.2) is 0 Å². The SMILES string of the molecule is Cc1[nH]nc2c1[C@H](c1c[nH]c3ccccc13)C(C#N)=C(N)O2. The monoisotopic (exact) mass is 291 g/mol. The Bertz CT molecular complexity index is 956. The summed E-state index contributed by atoms with van der Waals surface area (Å²) in [6.07, 6.45) is 1.92. The van der Waals surface area contributed by atoms with Crippen molar-refractivity contribution in [3.05, 3.63) is 58.7 Å². The van der Waals surface area contributed by atoms with Crippen LogP contribution in [0.25, 0.3) is 10.9 Å². The zero-order valence-corrected chi connectivity index (χ0v) is 11.8. The number of nitrogens with two attached hydrogens (primary N) is 1. The summed E-state index contributed by atoms with van der Waals surface area (Å²) in [6, 6.07) is 10.2. The second kappa shape index (κ2) is 4.40. The quantitative estimate of drug-likeness (QED) is 0.640. The molecule has 0 saturated heterocycles. The van der Waals surface area contributed by atoms with Gasteiger partial charge in [0.1, 0.15) is 11.6 Å². The predicted molar refractivity (Wildman–Crippen MR) is 80.9 cm³/mol. The van der Waals surface area contributed by atoms with Crippen molar-refractivity contribution < 1.29 is 4.74 Å². The third-order valence-corrected chi connectivity index (χ3v) is 4.06. The molecule has 0 bridgehead atoms. The number of allylic oxidation sites excluding steroid dienone is 1. The number of fused-ring (bicyclic) bond motifs is 2. The number of aryl methyl sites for hydroxylation is 1. The molecular formula is C16H13N5O. The summed E-state index contributed by atoms with van der Waals surface area (Å²) in [5.74, 6) is 0.254. The van der Waals surface area contributed by atoms with Gasteiger partial charge in [0, 0.05) is 28.4 Å². The van der Waals surface area contributed by atoms with E-state index in [2.05, 4.69) is 21.3 Å². The number of aromatic amines is 2. The van der Waals surface area contributed by atoms with Gasteiger partial charge in [-0.15, -0.1) is 5.10 Å². The number of rotatable bonds is 1. The van der Waals surface area contributed by atoms with Crippen LogP contribution in [0.3, 0.4) is 0 Å². The molecular weight excluding hydrogens is 278 g/mol. The molecule has 0 aliphatic carbocycles. The van der Waals surface area contributed by atoms with E-state index in [4.69, 9.17) is 10.5 Å². The first-order valence-electron chi connectivity index (χ1n) is 6.89. The minimum Gasteiger partial charge on any atom is -0.420 e. The Morgan fingerprint density at radius 2 is 2.18 bits per heavy atom. The molecule has 0 saturated carbocycles. The standard InChI is InChI=1S/C16H13N5O/c1-8-13-14(10(6-17)15(18)22-16(13)21-20-8)11-7-19-12-5-3-2-4-9(11)12/h2-5,7,14,19H,18H2,1H3,(H,20,21)/t14-/m0/s1. The molecule has 0 radical (unpaired) electrons. The molecule has 2 aromatic heterocycles. The van der Waals surface area contributed by atoms with Gasteiger partial charge in [-0.2, -0.15) is 5.26 Å². The van der Waals surface area contributed by atoms with E-state index < -0.39 is 0 Å². The summed E-state index contributed by atoms with van der Waals surface area (Å²) < 4.78 is 5.48. The number of nitriles is 1. The number of aromatic nitrogens is 3. The molecule has 1 atom stereocenters. The lowest BCUT2D eigenvalue weighted by Gasteiger charge is -2.23. The molecule has 0 unspecified atom stereocenters. The summed E-state index contributed by atoms with van der Waals surface area (Å²) in [5.41, 5.74) is 10.1. The van der Waals surface area contributed by atoms with Crippen molar-refractivity contribution in [3.63, 3.8) is 0 Å². The van der Waals surface area contributed by atoms with Crippen molar-refractivity contribution in [2.75, 3.05) is 0 Å². The van der Waals surface area contributed by atoms with E-state index >= 15 is 0 Å². The summed E-state index contributed by atoms with van der Waals surface area (Å²) >= 11 is 0. The minimum atomic E-state index is -0.288. The second-order valence-electron chi connectivity index (χ2n) is 5.28. The van der Waals surface area contributed by atoms with Crippen LogP contribution < -0.4 is 10.5 Å². The lowest BCUT2D eigenvalue weighted by molar-refractivity contribution is 0.379. The van der Waals surface area contributed by atoms with E-state index in [9.17, 15) is 5.26 Å². The van der Waals surface area contributed by atoms with Crippen LogP contribution in [0.2, 0.25) is 0 Å². The number of ether oxygens (including phenoxy) is 1. The molecule has 3 heterocycles. The van der Waals surface area contributed by atoms with E-state index in [1.54, 1.807) is 0 Å². The average Bonchev–Trinajstić information content (AvgIpc) is 3.10. The molecule has 4 rings (SSSR count). The lowest BCUT2D eigenvalue weighted by atomic mass is 9.84.